The lowest BCUT2D eigenvalue weighted by atomic mass is 9.92. The van der Waals surface area contributed by atoms with Crippen LogP contribution in [0.3, 0.4) is 0 Å². The number of ether oxygens (including phenoxy) is 1. The molecule has 0 spiro atoms. The lowest BCUT2D eigenvalue weighted by molar-refractivity contribution is -0.0247. The van der Waals surface area contributed by atoms with Crippen LogP contribution in [0.4, 0.5) is 0 Å². The average molecular weight is 305 g/mol. The Morgan fingerprint density at radius 3 is 2.57 bits per heavy atom. The Bertz CT molecular complexity index is 517. The third-order valence-electron chi connectivity index (χ3n) is 3.41. The van der Waals surface area contributed by atoms with Gasteiger partial charge in [-0.25, -0.2) is 0 Å². The summed E-state index contributed by atoms with van der Waals surface area (Å²) in [4.78, 5) is 11.7. The molecule has 0 aromatic heterocycles. The Morgan fingerprint density at radius 1 is 1.24 bits per heavy atom. The van der Waals surface area contributed by atoms with Gasteiger partial charge in [-0.3, -0.25) is 4.79 Å². The molecule has 115 valence electrons. The molecule has 1 unspecified atom stereocenters. The second-order valence-electron chi connectivity index (χ2n) is 7.08. The molecular formula is C17H25O3Si. The second kappa shape index (κ2) is 6.32. The van der Waals surface area contributed by atoms with Crippen molar-refractivity contribution in [3.05, 3.63) is 29.3 Å². The number of benzene rings is 1. The van der Waals surface area contributed by atoms with Gasteiger partial charge in [-0.15, -0.1) is 0 Å². The first-order valence-corrected chi connectivity index (χ1v) is 9.95. The molecule has 0 fully saturated rings. The van der Waals surface area contributed by atoms with Crippen LogP contribution >= 0.6 is 0 Å². The van der Waals surface area contributed by atoms with E-state index in [0.717, 1.165) is 29.7 Å². The van der Waals surface area contributed by atoms with E-state index in [2.05, 4.69) is 33.9 Å². The Balaban J connectivity index is 2.11. The number of fused-ring (bicyclic) bond motifs is 1. The van der Waals surface area contributed by atoms with Crippen LogP contribution in [0.2, 0.25) is 13.1 Å². The number of carbonyl (C=O) groups is 1. The zero-order chi connectivity index (χ0) is 15.6. The van der Waals surface area contributed by atoms with Gasteiger partial charge in [0.05, 0.1) is 0 Å². The van der Waals surface area contributed by atoms with Crippen molar-refractivity contribution < 1.29 is 14.0 Å². The Kier molecular flexibility index (Phi) is 4.89. The van der Waals surface area contributed by atoms with Crippen LogP contribution in [-0.4, -0.2) is 21.1 Å². The van der Waals surface area contributed by atoms with Crippen LogP contribution in [0, 0.1) is 5.41 Å². The highest BCUT2D eigenvalue weighted by Gasteiger charge is 2.24. The molecule has 0 aliphatic heterocycles. The van der Waals surface area contributed by atoms with Crippen molar-refractivity contribution in [2.75, 3.05) is 0 Å². The van der Waals surface area contributed by atoms with Crippen LogP contribution < -0.4 is 4.74 Å². The summed E-state index contributed by atoms with van der Waals surface area (Å²) in [5.41, 5.74) is 2.10. The second-order valence-corrected chi connectivity index (χ2v) is 9.13. The number of hydrogen-bond acceptors (Lipinski definition) is 3. The maximum absolute atomic E-state index is 11.7. The Hall–Kier alpha value is -1.13. The van der Waals surface area contributed by atoms with Gasteiger partial charge in [0, 0.05) is 18.4 Å². The van der Waals surface area contributed by atoms with Gasteiger partial charge >= 0.3 is 0 Å². The van der Waals surface area contributed by atoms with Crippen LogP contribution in [0.25, 0.3) is 0 Å². The molecule has 0 amide bonds. The fraction of sp³-hybridized carbons (Fsp3) is 0.588. The first-order valence-electron chi connectivity index (χ1n) is 7.54. The number of ketones is 1. The predicted molar refractivity (Wildman–Crippen MR) is 86.1 cm³/mol. The first-order chi connectivity index (χ1) is 9.74. The smallest absolute Gasteiger partial charge is 0.209 e. The van der Waals surface area contributed by atoms with Gasteiger partial charge in [0.25, 0.3) is 0 Å². The maximum Gasteiger partial charge on any atom is 0.209 e. The molecule has 1 aromatic rings. The number of carbonyl (C=O) groups excluding carboxylic acids is 1. The summed E-state index contributed by atoms with van der Waals surface area (Å²) >= 11 is 0. The largest absolute Gasteiger partial charge is 0.466 e. The quantitative estimate of drug-likeness (QED) is 0.603. The molecule has 4 heteroatoms. The maximum atomic E-state index is 11.7. The highest BCUT2D eigenvalue weighted by Crippen LogP contribution is 2.29. The van der Waals surface area contributed by atoms with Crippen LogP contribution in [0.1, 0.15) is 49.5 Å². The number of hydrogen-bond donors (Lipinski definition) is 0. The van der Waals surface area contributed by atoms with E-state index in [1.165, 1.54) is 0 Å². The zero-order valence-corrected chi connectivity index (χ0v) is 14.7. The summed E-state index contributed by atoms with van der Waals surface area (Å²) in [5, 5.41) is 0. The Morgan fingerprint density at radius 2 is 1.95 bits per heavy atom. The van der Waals surface area contributed by atoms with E-state index < -0.39 is 9.04 Å². The van der Waals surface area contributed by atoms with E-state index in [1.807, 2.05) is 18.2 Å². The molecule has 0 saturated carbocycles. The minimum Gasteiger partial charge on any atom is -0.466 e. The summed E-state index contributed by atoms with van der Waals surface area (Å²) < 4.78 is 12.0. The van der Waals surface area contributed by atoms with Gasteiger partial charge in [-0.2, -0.15) is 0 Å². The average Bonchev–Trinajstić information content (AvgIpc) is 2.67. The highest BCUT2D eigenvalue weighted by molar-refractivity contribution is 6.48. The minimum atomic E-state index is -0.823. The topological polar surface area (TPSA) is 35.5 Å². The molecule has 3 nitrogen and oxygen atoms in total. The van der Waals surface area contributed by atoms with E-state index in [0.29, 0.717) is 6.42 Å². The van der Waals surface area contributed by atoms with Gasteiger partial charge in [-0.05, 0) is 48.7 Å². The van der Waals surface area contributed by atoms with Crippen molar-refractivity contribution in [3.8, 4) is 5.75 Å². The molecule has 0 bridgehead atoms. The number of aryl methyl sites for hydroxylation is 1. The monoisotopic (exact) mass is 305 g/mol. The van der Waals surface area contributed by atoms with Gasteiger partial charge < -0.3 is 9.16 Å². The summed E-state index contributed by atoms with van der Waals surface area (Å²) in [6.07, 6.45) is 2.08. The fourth-order valence-corrected chi connectivity index (χ4v) is 3.18. The number of Topliss-reactive ketones (excluding diaryl/α,β-unsaturated/α-hetero) is 1. The summed E-state index contributed by atoms with van der Waals surface area (Å²) in [6.45, 7) is 10.8. The minimum absolute atomic E-state index is 0.147. The number of rotatable bonds is 5. The molecule has 1 radical (unpaired) electrons. The molecule has 21 heavy (non-hydrogen) atoms. The molecule has 1 atom stereocenters. The van der Waals surface area contributed by atoms with Gasteiger partial charge in [0.2, 0.25) is 9.04 Å². The standard InChI is InChI=1S/C17H25O3Si/c1-17(2,3)11-16(20-21(4)5)19-13-7-8-14-12(10-13)6-9-15(14)18/h7-8,10,16H,6,9,11H2,1-5H3. The zero-order valence-electron chi connectivity index (χ0n) is 13.7. The van der Waals surface area contributed by atoms with E-state index in [4.69, 9.17) is 9.16 Å². The predicted octanol–water partition coefficient (Wildman–Crippen LogP) is 4.22. The van der Waals surface area contributed by atoms with Crippen molar-refractivity contribution in [1.29, 1.82) is 0 Å². The summed E-state index contributed by atoms with van der Waals surface area (Å²) in [6, 6.07) is 5.77. The van der Waals surface area contributed by atoms with Crippen molar-refractivity contribution in [2.45, 2.75) is 59.4 Å². The SMILES string of the molecule is C[Si](C)OC(CC(C)(C)C)Oc1ccc2c(c1)CCC2=O. The molecule has 1 aliphatic carbocycles. The van der Waals surface area contributed by atoms with Crippen LogP contribution in [0.5, 0.6) is 5.75 Å². The first kappa shape index (κ1) is 16.2. The third-order valence-corrected chi connectivity index (χ3v) is 4.15. The molecule has 1 aromatic carbocycles. The lowest BCUT2D eigenvalue weighted by Crippen LogP contribution is -2.30. The summed E-state index contributed by atoms with van der Waals surface area (Å²) in [5.74, 6) is 1.05. The fourth-order valence-electron chi connectivity index (χ4n) is 2.53. The van der Waals surface area contributed by atoms with E-state index in [1.54, 1.807) is 0 Å². The molecule has 0 saturated heterocycles. The third kappa shape index (κ3) is 4.68. The van der Waals surface area contributed by atoms with Crippen LogP contribution in [-0.2, 0) is 10.8 Å². The van der Waals surface area contributed by atoms with Crippen molar-refractivity contribution in [2.24, 2.45) is 5.41 Å². The highest BCUT2D eigenvalue weighted by atomic mass is 28.3. The van der Waals surface area contributed by atoms with Gasteiger partial charge in [0.1, 0.15) is 5.75 Å². The molecule has 0 heterocycles. The van der Waals surface area contributed by atoms with Crippen molar-refractivity contribution >= 4 is 14.8 Å². The Labute approximate surface area is 129 Å². The van der Waals surface area contributed by atoms with E-state index in [-0.39, 0.29) is 17.5 Å². The van der Waals surface area contributed by atoms with Gasteiger partial charge in [-0.1, -0.05) is 20.8 Å². The summed E-state index contributed by atoms with van der Waals surface area (Å²) in [7, 11) is -0.823. The van der Waals surface area contributed by atoms with Crippen LogP contribution in [0.15, 0.2) is 18.2 Å². The van der Waals surface area contributed by atoms with Gasteiger partial charge in [0.15, 0.2) is 12.1 Å². The molecular weight excluding hydrogens is 280 g/mol. The van der Waals surface area contributed by atoms with E-state index in [9.17, 15) is 4.79 Å². The molecule has 0 N–H and O–H groups in total. The molecule has 1 aliphatic rings. The van der Waals surface area contributed by atoms with E-state index >= 15 is 0 Å². The lowest BCUT2D eigenvalue weighted by Gasteiger charge is -2.28. The molecule has 2 rings (SSSR count). The van der Waals surface area contributed by atoms with Crippen molar-refractivity contribution in [1.82, 2.24) is 0 Å². The normalized spacial score (nSPS) is 16.2. The van der Waals surface area contributed by atoms with Crippen molar-refractivity contribution in [3.63, 3.8) is 0 Å².